The number of benzene rings is 3. The van der Waals surface area contributed by atoms with Crippen molar-refractivity contribution < 1.29 is 15.0 Å². The molecule has 0 saturated carbocycles. The van der Waals surface area contributed by atoms with Gasteiger partial charge in [0, 0.05) is 6.54 Å². The Labute approximate surface area is 176 Å². The van der Waals surface area contributed by atoms with E-state index in [0.717, 1.165) is 5.56 Å². The maximum absolute atomic E-state index is 13.1. The van der Waals surface area contributed by atoms with Crippen LogP contribution in [0.4, 0.5) is 0 Å². The maximum atomic E-state index is 13.1. The summed E-state index contributed by atoms with van der Waals surface area (Å²) in [5.41, 5.74) is 0.672. The first kappa shape index (κ1) is 20.3. The Morgan fingerprint density at radius 1 is 0.900 bits per heavy atom. The summed E-state index contributed by atoms with van der Waals surface area (Å²) in [6, 6.07) is 27.0. The zero-order chi connectivity index (χ0) is 21.0. The van der Waals surface area contributed by atoms with E-state index in [2.05, 4.69) is 10.6 Å². The molecule has 0 aromatic heterocycles. The molecule has 30 heavy (non-hydrogen) atoms. The predicted octanol–water partition coefficient (Wildman–Crippen LogP) is 2.50. The first-order valence-electron chi connectivity index (χ1n) is 10.2. The fourth-order valence-electron chi connectivity index (χ4n) is 4.12. The number of nitrogens with one attached hydrogen (secondary N) is 2. The Balaban J connectivity index is 1.81. The Kier molecular flexibility index (Phi) is 5.95. The molecule has 5 heteroatoms. The summed E-state index contributed by atoms with van der Waals surface area (Å²) in [6.07, 6.45) is -0.194. The molecule has 1 aliphatic rings. The first-order chi connectivity index (χ1) is 14.6. The molecule has 0 bridgehead atoms. The molecule has 1 amide bonds. The van der Waals surface area contributed by atoms with Crippen LogP contribution in [0.2, 0.25) is 0 Å². The first-order valence-corrected chi connectivity index (χ1v) is 10.2. The minimum absolute atomic E-state index is 0.245. The highest BCUT2D eigenvalue weighted by molar-refractivity contribution is 5.83. The van der Waals surface area contributed by atoms with Gasteiger partial charge in [-0.2, -0.15) is 0 Å². The quantitative estimate of drug-likeness (QED) is 0.511. The number of aliphatic hydroxyl groups excluding tert-OH is 1. The minimum Gasteiger partial charge on any atom is -0.392 e. The van der Waals surface area contributed by atoms with Crippen LogP contribution in [0, 0.1) is 0 Å². The highest BCUT2D eigenvalue weighted by atomic mass is 16.3. The lowest BCUT2D eigenvalue weighted by molar-refractivity contribution is -0.125. The van der Waals surface area contributed by atoms with E-state index in [4.69, 9.17) is 0 Å². The van der Waals surface area contributed by atoms with Crippen molar-refractivity contribution in [2.45, 2.75) is 30.2 Å². The van der Waals surface area contributed by atoms with Crippen LogP contribution in [0.25, 0.3) is 0 Å². The molecule has 3 aromatic carbocycles. The van der Waals surface area contributed by atoms with Crippen molar-refractivity contribution in [1.82, 2.24) is 10.6 Å². The fraction of sp³-hybridized carbons (Fsp3) is 0.240. The minimum atomic E-state index is -1.49. The number of carbonyl (C=O) groups excluding carboxylic acids is 1. The van der Waals surface area contributed by atoms with Crippen molar-refractivity contribution >= 4 is 5.91 Å². The molecule has 0 aliphatic carbocycles. The van der Waals surface area contributed by atoms with Crippen LogP contribution in [0.5, 0.6) is 0 Å². The Bertz CT molecular complexity index is 924. The van der Waals surface area contributed by atoms with E-state index >= 15 is 0 Å². The van der Waals surface area contributed by atoms with Gasteiger partial charge in [-0.25, -0.2) is 0 Å². The molecule has 4 rings (SSSR count). The molecule has 4 N–H and O–H groups in total. The molecule has 5 nitrogen and oxygen atoms in total. The van der Waals surface area contributed by atoms with Crippen molar-refractivity contribution in [1.29, 1.82) is 0 Å². The van der Waals surface area contributed by atoms with E-state index in [-0.39, 0.29) is 5.91 Å². The molecule has 1 heterocycles. The van der Waals surface area contributed by atoms with Gasteiger partial charge in [-0.1, -0.05) is 91.0 Å². The molecular weight excluding hydrogens is 376 g/mol. The van der Waals surface area contributed by atoms with Gasteiger partial charge in [0.15, 0.2) is 0 Å². The fourth-order valence-corrected chi connectivity index (χ4v) is 4.12. The van der Waals surface area contributed by atoms with Gasteiger partial charge in [0.2, 0.25) is 5.91 Å². The van der Waals surface area contributed by atoms with E-state index in [1.54, 1.807) is 0 Å². The number of hydrogen-bond donors (Lipinski definition) is 4. The highest BCUT2D eigenvalue weighted by Crippen LogP contribution is 2.41. The number of carbonyl (C=O) groups is 1. The smallest absolute Gasteiger partial charge is 0.237 e. The van der Waals surface area contributed by atoms with E-state index in [1.807, 2.05) is 91.0 Å². The largest absolute Gasteiger partial charge is 0.392 e. The monoisotopic (exact) mass is 402 g/mol. The summed E-state index contributed by atoms with van der Waals surface area (Å²) in [7, 11) is 0. The molecule has 1 aliphatic heterocycles. The zero-order valence-corrected chi connectivity index (χ0v) is 16.6. The summed E-state index contributed by atoms with van der Waals surface area (Å²) in [4.78, 5) is 13.1. The maximum Gasteiger partial charge on any atom is 0.237 e. The van der Waals surface area contributed by atoms with Crippen molar-refractivity contribution in [2.24, 2.45) is 0 Å². The summed E-state index contributed by atoms with van der Waals surface area (Å²) < 4.78 is 0. The number of amides is 1. The standard InChI is InChI=1S/C25H26N2O3/c28-21-16-22(26-17-21)24(29)27-23(18-10-4-1-5-11-18)25(30,19-12-6-2-7-13-19)20-14-8-3-9-15-20/h1-15,21-23,26,28,30H,16-17H2,(H,27,29)/t21-,22+,23+/m1/s1. The van der Waals surface area contributed by atoms with Gasteiger partial charge >= 0.3 is 0 Å². The van der Waals surface area contributed by atoms with Gasteiger partial charge in [-0.05, 0) is 23.1 Å². The second-order valence-electron chi connectivity index (χ2n) is 7.70. The topological polar surface area (TPSA) is 81.6 Å². The SMILES string of the molecule is O=C(N[C@@H](c1ccccc1)C(O)(c1ccccc1)c1ccccc1)[C@@H]1C[C@@H](O)CN1. The summed E-state index contributed by atoms with van der Waals surface area (Å²) in [5, 5.41) is 28.2. The van der Waals surface area contributed by atoms with Crippen molar-refractivity contribution in [3.63, 3.8) is 0 Å². The van der Waals surface area contributed by atoms with Gasteiger partial charge in [0.1, 0.15) is 5.60 Å². The molecule has 0 spiro atoms. The lowest BCUT2D eigenvalue weighted by atomic mass is 9.77. The third-order valence-corrected chi connectivity index (χ3v) is 5.69. The predicted molar refractivity (Wildman–Crippen MR) is 116 cm³/mol. The van der Waals surface area contributed by atoms with E-state index < -0.39 is 23.8 Å². The molecule has 1 saturated heterocycles. The van der Waals surface area contributed by atoms with Gasteiger partial charge in [0.25, 0.3) is 0 Å². The average molecular weight is 402 g/mol. The van der Waals surface area contributed by atoms with Crippen LogP contribution in [-0.2, 0) is 10.4 Å². The van der Waals surface area contributed by atoms with Crippen molar-refractivity contribution in [3.8, 4) is 0 Å². The van der Waals surface area contributed by atoms with E-state index in [1.165, 1.54) is 0 Å². The average Bonchev–Trinajstić information content (AvgIpc) is 3.25. The van der Waals surface area contributed by atoms with Crippen LogP contribution in [0.1, 0.15) is 29.2 Å². The number of aliphatic hydroxyl groups is 2. The second-order valence-corrected chi connectivity index (χ2v) is 7.70. The lowest BCUT2D eigenvalue weighted by Crippen LogP contribution is -2.49. The summed E-state index contributed by atoms with van der Waals surface area (Å²) >= 11 is 0. The molecular formula is C25H26N2O3. The van der Waals surface area contributed by atoms with Crippen LogP contribution in [0.3, 0.4) is 0 Å². The number of β-amino-alcohol motifs (C(OH)–C–C–N with tert-alkyl or cyclic N) is 1. The summed E-state index contributed by atoms with van der Waals surface area (Å²) in [6.45, 7) is 0.385. The van der Waals surface area contributed by atoms with E-state index in [0.29, 0.717) is 24.1 Å². The number of hydrogen-bond acceptors (Lipinski definition) is 4. The molecule has 3 aromatic rings. The van der Waals surface area contributed by atoms with Gasteiger partial charge in [-0.15, -0.1) is 0 Å². The molecule has 0 unspecified atom stereocenters. The third-order valence-electron chi connectivity index (χ3n) is 5.69. The molecule has 1 fully saturated rings. The third kappa shape index (κ3) is 4.00. The highest BCUT2D eigenvalue weighted by Gasteiger charge is 2.43. The van der Waals surface area contributed by atoms with Crippen LogP contribution < -0.4 is 10.6 Å². The molecule has 3 atom stereocenters. The Morgan fingerprint density at radius 2 is 1.40 bits per heavy atom. The normalized spacial score (nSPS) is 19.9. The Hall–Kier alpha value is -2.99. The van der Waals surface area contributed by atoms with Crippen LogP contribution >= 0.6 is 0 Å². The summed E-state index contributed by atoms with van der Waals surface area (Å²) in [5.74, 6) is -0.245. The molecule has 154 valence electrons. The molecule has 0 radical (unpaired) electrons. The van der Waals surface area contributed by atoms with Gasteiger partial charge in [-0.3, -0.25) is 4.79 Å². The van der Waals surface area contributed by atoms with Gasteiger partial charge in [0.05, 0.1) is 18.2 Å². The number of rotatable bonds is 6. The lowest BCUT2D eigenvalue weighted by Gasteiger charge is -2.38. The van der Waals surface area contributed by atoms with Crippen molar-refractivity contribution in [2.75, 3.05) is 6.54 Å². The van der Waals surface area contributed by atoms with Crippen LogP contribution in [0.15, 0.2) is 91.0 Å². The Morgan fingerprint density at radius 3 is 1.87 bits per heavy atom. The van der Waals surface area contributed by atoms with Crippen molar-refractivity contribution in [3.05, 3.63) is 108 Å². The zero-order valence-electron chi connectivity index (χ0n) is 16.6. The van der Waals surface area contributed by atoms with E-state index in [9.17, 15) is 15.0 Å². The second kappa shape index (κ2) is 8.79. The van der Waals surface area contributed by atoms with Gasteiger partial charge < -0.3 is 20.8 Å². The van der Waals surface area contributed by atoms with Crippen LogP contribution in [-0.4, -0.2) is 34.8 Å².